The largest absolute Gasteiger partial charge is 0.480 e. The fourth-order valence-electron chi connectivity index (χ4n) is 6.59. The lowest BCUT2D eigenvalue weighted by Gasteiger charge is -2.36. The number of aliphatic carboxylic acids is 1. The van der Waals surface area contributed by atoms with Gasteiger partial charge in [-0.05, 0) is 66.7 Å². The molecule has 2 saturated heterocycles. The maximum atomic E-state index is 13.8. The van der Waals surface area contributed by atoms with Crippen molar-refractivity contribution in [2.75, 3.05) is 11.4 Å². The molecule has 7 nitrogen and oxygen atoms in total. The summed E-state index contributed by atoms with van der Waals surface area (Å²) < 4.78 is 0. The quantitative estimate of drug-likeness (QED) is 0.443. The monoisotopic (exact) mass is 583 g/mol. The van der Waals surface area contributed by atoms with Crippen molar-refractivity contribution in [3.63, 3.8) is 0 Å². The van der Waals surface area contributed by atoms with Crippen LogP contribution in [0.3, 0.4) is 0 Å². The van der Waals surface area contributed by atoms with Crippen LogP contribution in [0, 0.1) is 12.8 Å². The molecule has 2 N–H and O–H groups in total. The van der Waals surface area contributed by atoms with Gasteiger partial charge in [-0.25, -0.2) is 4.79 Å². The smallest absolute Gasteiger partial charge is 0.326 e. The minimum Gasteiger partial charge on any atom is -0.480 e. The normalized spacial score (nSPS) is 24.0. The Balaban J connectivity index is 1.24. The van der Waals surface area contributed by atoms with E-state index in [9.17, 15) is 19.5 Å². The van der Waals surface area contributed by atoms with Gasteiger partial charge < -0.3 is 10.4 Å². The molecular weight excluding hydrogens is 550 g/mol. The van der Waals surface area contributed by atoms with Crippen LogP contribution < -0.4 is 10.2 Å². The van der Waals surface area contributed by atoms with Crippen molar-refractivity contribution in [3.05, 3.63) is 112 Å². The maximum absolute atomic E-state index is 13.8. The lowest BCUT2D eigenvalue weighted by molar-refractivity contribution is -0.139. The third kappa shape index (κ3) is 5.35. The molecule has 2 aromatic carbocycles. The number of benzene rings is 2. The highest BCUT2D eigenvalue weighted by molar-refractivity contribution is 6.34. The van der Waals surface area contributed by atoms with Crippen LogP contribution in [0.4, 0.5) is 5.69 Å². The summed E-state index contributed by atoms with van der Waals surface area (Å²) in [6.07, 6.45) is 16.8. The molecule has 2 aromatic rings. The number of aryl methyl sites for hydroxylation is 1. The van der Waals surface area contributed by atoms with E-state index < -0.39 is 17.9 Å². The summed E-state index contributed by atoms with van der Waals surface area (Å²) in [6, 6.07) is 11.3. The first-order valence-corrected chi connectivity index (χ1v) is 14.9. The predicted molar refractivity (Wildman–Crippen MR) is 163 cm³/mol. The number of carboxylic acids is 1. The van der Waals surface area contributed by atoms with Gasteiger partial charge in [0, 0.05) is 24.6 Å². The highest BCUT2D eigenvalue weighted by atomic mass is 35.5. The second kappa shape index (κ2) is 11.7. The van der Waals surface area contributed by atoms with E-state index in [-0.39, 0.29) is 35.1 Å². The van der Waals surface area contributed by atoms with E-state index in [0.29, 0.717) is 11.5 Å². The molecule has 2 aliphatic carbocycles. The van der Waals surface area contributed by atoms with Gasteiger partial charge >= 0.3 is 5.97 Å². The molecule has 0 saturated carbocycles. The lowest BCUT2D eigenvalue weighted by atomic mass is 9.84. The Kier molecular flexibility index (Phi) is 7.88. The number of fused-ring (bicyclic) bond motifs is 2. The van der Waals surface area contributed by atoms with Crippen LogP contribution in [-0.4, -0.2) is 52.6 Å². The number of nitrogens with zero attached hydrogens (tertiary/aromatic N) is 2. The summed E-state index contributed by atoms with van der Waals surface area (Å²) in [5.74, 6) is -1.17. The van der Waals surface area contributed by atoms with Crippen molar-refractivity contribution in [1.29, 1.82) is 0 Å². The number of anilines is 1. The van der Waals surface area contributed by atoms with Crippen LogP contribution in [0.1, 0.15) is 47.2 Å². The Hall–Kier alpha value is -3.94. The number of rotatable bonds is 7. The predicted octanol–water partition coefficient (Wildman–Crippen LogP) is 5.60. The summed E-state index contributed by atoms with van der Waals surface area (Å²) in [5.41, 5.74) is 4.88. The summed E-state index contributed by atoms with van der Waals surface area (Å²) >= 11 is 6.23. The first-order valence-electron chi connectivity index (χ1n) is 14.5. The number of piperidine rings is 1. The topological polar surface area (TPSA) is 90.0 Å². The molecule has 2 heterocycles. The number of halogens is 1. The maximum Gasteiger partial charge on any atom is 0.326 e. The minimum atomic E-state index is -1.14. The van der Waals surface area contributed by atoms with Gasteiger partial charge in [-0.1, -0.05) is 78.7 Å². The highest BCUT2D eigenvalue weighted by Gasteiger charge is 2.48. The van der Waals surface area contributed by atoms with Gasteiger partial charge in [0.2, 0.25) is 5.91 Å². The highest BCUT2D eigenvalue weighted by Crippen LogP contribution is 2.40. The number of allylic oxidation sites excluding steroid dienone is 6. The molecule has 2 fully saturated rings. The molecule has 2 amide bonds. The van der Waals surface area contributed by atoms with Crippen LogP contribution in [0.15, 0.2) is 90.1 Å². The Labute approximate surface area is 250 Å². The Morgan fingerprint density at radius 3 is 2.67 bits per heavy atom. The van der Waals surface area contributed by atoms with Crippen LogP contribution in [-0.2, 0) is 16.0 Å². The zero-order chi connectivity index (χ0) is 29.4. The molecule has 0 bridgehead atoms. The molecule has 0 radical (unpaired) electrons. The van der Waals surface area contributed by atoms with Crippen molar-refractivity contribution in [2.24, 2.45) is 5.92 Å². The number of carbonyl (C=O) groups is 3. The number of amides is 2. The molecule has 8 heteroatoms. The lowest BCUT2D eigenvalue weighted by Crippen LogP contribution is -2.44. The van der Waals surface area contributed by atoms with E-state index in [4.69, 9.17) is 11.6 Å². The fourth-order valence-corrected chi connectivity index (χ4v) is 6.90. The number of carboxylic acid groups (broad SMARTS) is 1. The van der Waals surface area contributed by atoms with E-state index in [1.54, 1.807) is 25.1 Å². The van der Waals surface area contributed by atoms with Crippen LogP contribution in [0.2, 0.25) is 5.02 Å². The summed E-state index contributed by atoms with van der Waals surface area (Å²) in [6.45, 7) is 2.64. The fraction of sp³-hybridized carbons (Fsp3) is 0.324. The van der Waals surface area contributed by atoms with Crippen molar-refractivity contribution in [1.82, 2.24) is 10.2 Å². The van der Waals surface area contributed by atoms with Gasteiger partial charge in [-0.2, -0.15) is 0 Å². The molecule has 4 aliphatic rings. The average molecular weight is 584 g/mol. The first kappa shape index (κ1) is 28.2. The Bertz CT molecular complexity index is 1520. The number of nitrogens with one attached hydrogen (secondary N) is 1. The van der Waals surface area contributed by atoms with Gasteiger partial charge in [0.25, 0.3) is 5.91 Å². The Morgan fingerprint density at radius 1 is 1.10 bits per heavy atom. The van der Waals surface area contributed by atoms with E-state index in [1.807, 2.05) is 29.2 Å². The van der Waals surface area contributed by atoms with E-state index in [1.165, 1.54) is 5.57 Å². The number of hydrogen-bond acceptors (Lipinski definition) is 4. The molecule has 2 aliphatic heterocycles. The molecule has 42 heavy (non-hydrogen) atoms. The van der Waals surface area contributed by atoms with Gasteiger partial charge in [-0.15, -0.1) is 0 Å². The van der Waals surface area contributed by atoms with E-state index in [2.05, 4.69) is 46.7 Å². The number of hydrogen-bond donors (Lipinski definition) is 2. The molecule has 216 valence electrons. The van der Waals surface area contributed by atoms with Gasteiger partial charge in [0.05, 0.1) is 16.6 Å². The van der Waals surface area contributed by atoms with Gasteiger partial charge in [0.1, 0.15) is 12.2 Å². The zero-order valence-corrected chi connectivity index (χ0v) is 24.3. The second-order valence-corrected chi connectivity index (χ2v) is 11.8. The summed E-state index contributed by atoms with van der Waals surface area (Å²) in [4.78, 5) is 43.1. The third-order valence-electron chi connectivity index (χ3n) is 8.74. The molecule has 3 unspecified atom stereocenters. The van der Waals surface area contributed by atoms with Crippen molar-refractivity contribution >= 4 is 35.1 Å². The van der Waals surface area contributed by atoms with Crippen molar-refractivity contribution in [2.45, 2.75) is 57.3 Å². The molecule has 0 aromatic heterocycles. The van der Waals surface area contributed by atoms with E-state index in [0.717, 1.165) is 49.1 Å². The molecule has 0 spiro atoms. The van der Waals surface area contributed by atoms with Crippen molar-refractivity contribution < 1.29 is 19.5 Å². The average Bonchev–Trinajstić information content (AvgIpc) is 3.29. The second-order valence-electron chi connectivity index (χ2n) is 11.4. The summed E-state index contributed by atoms with van der Waals surface area (Å²) in [7, 11) is 0. The van der Waals surface area contributed by atoms with E-state index >= 15 is 0 Å². The van der Waals surface area contributed by atoms with Crippen LogP contribution >= 0.6 is 11.6 Å². The molecule has 4 atom stereocenters. The minimum absolute atomic E-state index is 0.0927. The number of carbonyl (C=O) groups excluding carboxylic acids is 2. The standard InChI is InChI=1S/C34H34ClN3O4/c1-21-7-6-10-27(35)30(21)31(39)36-28(34(41)42)19-22-12-16-26(17-13-22)38-32(37-18-5-4-11-29(37)33(38)40)25-15-14-23-8-2-3-9-24(23)20-25/h2-3,6-10,12-13,15-17,20,23,28-29,32H,4-5,11,14,18-19H2,1H3,(H,36,39)(H,41,42)/t23?,28?,29-,32?/m0/s1. The van der Waals surface area contributed by atoms with Gasteiger partial charge in [0.15, 0.2) is 0 Å². The van der Waals surface area contributed by atoms with Crippen molar-refractivity contribution in [3.8, 4) is 0 Å². The third-order valence-corrected chi connectivity index (χ3v) is 9.06. The van der Waals surface area contributed by atoms with Crippen LogP contribution in [0.25, 0.3) is 0 Å². The van der Waals surface area contributed by atoms with Crippen LogP contribution in [0.5, 0.6) is 0 Å². The molecular formula is C34H34ClN3O4. The Morgan fingerprint density at radius 2 is 1.90 bits per heavy atom. The zero-order valence-electron chi connectivity index (χ0n) is 23.5. The molecule has 6 rings (SSSR count). The van der Waals surface area contributed by atoms with Gasteiger partial charge in [-0.3, -0.25) is 19.4 Å². The first-order chi connectivity index (χ1) is 20.3. The summed E-state index contributed by atoms with van der Waals surface area (Å²) in [5, 5.41) is 12.8. The SMILES string of the molecule is Cc1cccc(Cl)c1C(=O)NC(Cc1ccc(N2C(=O)[C@@H]3CCCCN3C2C2=CCC3C=CC=CC3=C2)cc1)C(=O)O.